The predicted octanol–water partition coefficient (Wildman–Crippen LogP) is 1.13. The summed E-state index contributed by atoms with van der Waals surface area (Å²) in [6, 6.07) is 6.03. The molecule has 0 bridgehead atoms. The molecule has 2 aromatic rings. The van der Waals surface area contributed by atoms with Crippen LogP contribution in [-0.2, 0) is 0 Å². The summed E-state index contributed by atoms with van der Waals surface area (Å²) in [7, 11) is 0. The van der Waals surface area contributed by atoms with Gasteiger partial charge >= 0.3 is 0 Å². The highest BCUT2D eigenvalue weighted by Crippen LogP contribution is 2.46. The van der Waals surface area contributed by atoms with Gasteiger partial charge in [-0.2, -0.15) is 5.10 Å². The van der Waals surface area contributed by atoms with Crippen LogP contribution in [0.25, 0.3) is 5.65 Å². The molecule has 2 unspecified atom stereocenters. The number of aryl methyl sites for hydroxylation is 1. The smallest absolute Gasteiger partial charge is 0.155 e. The molecule has 2 heterocycles. The van der Waals surface area contributed by atoms with Crippen molar-refractivity contribution in [1.29, 1.82) is 0 Å². The van der Waals surface area contributed by atoms with Crippen LogP contribution in [-0.4, -0.2) is 26.3 Å². The number of aromatic nitrogens is 3. The largest absolute Gasteiger partial charge is 0.396 e. The van der Waals surface area contributed by atoms with E-state index in [2.05, 4.69) is 16.1 Å². The fourth-order valence-electron chi connectivity index (χ4n) is 2.12. The molecule has 1 aliphatic rings. The molecule has 0 aliphatic heterocycles. The van der Waals surface area contributed by atoms with Crippen LogP contribution in [0.5, 0.6) is 0 Å². The summed E-state index contributed by atoms with van der Waals surface area (Å²) < 4.78 is 1.90. The molecule has 2 aromatic heterocycles. The quantitative estimate of drug-likeness (QED) is 0.796. The Balaban J connectivity index is 2.10. The number of nitrogens with zero attached hydrogens (tertiary/aromatic N) is 3. The van der Waals surface area contributed by atoms with E-state index in [0.29, 0.717) is 11.8 Å². The second-order valence-corrected chi connectivity index (χ2v) is 4.16. The molecule has 78 valence electrons. The Kier molecular flexibility index (Phi) is 1.79. The lowest BCUT2D eigenvalue weighted by molar-refractivity contribution is 0.273. The van der Waals surface area contributed by atoms with Gasteiger partial charge in [-0.1, -0.05) is 6.07 Å². The van der Waals surface area contributed by atoms with Crippen molar-refractivity contribution in [3.63, 3.8) is 0 Å². The molecular formula is C11H13N3O. The molecule has 15 heavy (non-hydrogen) atoms. The van der Waals surface area contributed by atoms with E-state index in [4.69, 9.17) is 5.11 Å². The van der Waals surface area contributed by atoms with E-state index < -0.39 is 0 Å². The predicted molar refractivity (Wildman–Crippen MR) is 55.7 cm³/mol. The number of rotatable bonds is 2. The summed E-state index contributed by atoms with van der Waals surface area (Å²) in [6.07, 6.45) is 1.06. The maximum Gasteiger partial charge on any atom is 0.155 e. The molecule has 4 nitrogen and oxygen atoms in total. The summed E-state index contributed by atoms with van der Waals surface area (Å²) in [6.45, 7) is 2.17. The van der Waals surface area contributed by atoms with Gasteiger partial charge in [0.2, 0.25) is 0 Å². The summed E-state index contributed by atoms with van der Waals surface area (Å²) in [5, 5.41) is 13.4. The highest BCUT2D eigenvalue weighted by Gasteiger charge is 2.39. The standard InChI is InChI=1S/C11H13N3O/c1-7-12-11-4-2-3-10(14(11)13-7)9-5-8(9)6-15/h2-4,8-9,15H,5-6H2,1H3. The van der Waals surface area contributed by atoms with Crippen molar-refractivity contribution in [3.05, 3.63) is 29.7 Å². The van der Waals surface area contributed by atoms with E-state index in [-0.39, 0.29) is 6.61 Å². The average molecular weight is 203 g/mol. The molecule has 1 aliphatic carbocycles. The minimum absolute atomic E-state index is 0.273. The van der Waals surface area contributed by atoms with Gasteiger partial charge in [-0.05, 0) is 31.4 Å². The highest BCUT2D eigenvalue weighted by atomic mass is 16.3. The monoisotopic (exact) mass is 203 g/mol. The van der Waals surface area contributed by atoms with Gasteiger partial charge in [0.05, 0.1) is 0 Å². The molecule has 4 heteroatoms. The molecule has 1 fully saturated rings. The van der Waals surface area contributed by atoms with Crippen LogP contribution in [0.4, 0.5) is 0 Å². The van der Waals surface area contributed by atoms with Gasteiger partial charge in [0, 0.05) is 18.2 Å². The van der Waals surface area contributed by atoms with Crippen LogP contribution >= 0.6 is 0 Å². The van der Waals surface area contributed by atoms with E-state index in [1.807, 2.05) is 23.6 Å². The Morgan fingerprint density at radius 3 is 3.13 bits per heavy atom. The number of aliphatic hydroxyl groups is 1. The van der Waals surface area contributed by atoms with E-state index >= 15 is 0 Å². The molecular weight excluding hydrogens is 190 g/mol. The van der Waals surface area contributed by atoms with Crippen molar-refractivity contribution in [2.24, 2.45) is 5.92 Å². The number of pyridine rings is 1. The molecule has 0 aromatic carbocycles. The Morgan fingerprint density at radius 1 is 1.53 bits per heavy atom. The molecule has 0 saturated heterocycles. The topological polar surface area (TPSA) is 50.4 Å². The minimum Gasteiger partial charge on any atom is -0.396 e. The van der Waals surface area contributed by atoms with E-state index in [1.165, 1.54) is 5.69 Å². The third-order valence-electron chi connectivity index (χ3n) is 3.03. The maximum absolute atomic E-state index is 9.07. The van der Waals surface area contributed by atoms with Gasteiger partial charge in [-0.25, -0.2) is 9.50 Å². The van der Waals surface area contributed by atoms with Gasteiger partial charge in [-0.3, -0.25) is 0 Å². The van der Waals surface area contributed by atoms with Crippen molar-refractivity contribution in [1.82, 2.24) is 14.6 Å². The molecule has 2 atom stereocenters. The summed E-state index contributed by atoms with van der Waals surface area (Å²) in [5.74, 6) is 1.67. The zero-order chi connectivity index (χ0) is 10.4. The van der Waals surface area contributed by atoms with Gasteiger partial charge in [-0.15, -0.1) is 0 Å². The molecule has 1 saturated carbocycles. The van der Waals surface area contributed by atoms with Gasteiger partial charge in [0.1, 0.15) is 5.82 Å². The second kappa shape index (κ2) is 3.03. The highest BCUT2D eigenvalue weighted by molar-refractivity contribution is 5.40. The van der Waals surface area contributed by atoms with Gasteiger partial charge < -0.3 is 5.11 Å². The average Bonchev–Trinajstić information content (AvgIpc) is 2.91. The lowest BCUT2D eigenvalue weighted by Gasteiger charge is -2.01. The van der Waals surface area contributed by atoms with Crippen molar-refractivity contribution in [2.45, 2.75) is 19.3 Å². The summed E-state index contributed by atoms with van der Waals surface area (Å²) in [4.78, 5) is 4.32. The Bertz CT molecular complexity index is 506. The molecule has 0 spiro atoms. The fourth-order valence-corrected chi connectivity index (χ4v) is 2.12. The lowest BCUT2D eigenvalue weighted by atomic mass is 10.2. The maximum atomic E-state index is 9.07. The van der Waals surface area contributed by atoms with Gasteiger partial charge in [0.15, 0.2) is 5.65 Å². The Labute approximate surface area is 87.6 Å². The number of hydrogen-bond donors (Lipinski definition) is 1. The fraction of sp³-hybridized carbons (Fsp3) is 0.455. The van der Waals surface area contributed by atoms with Crippen LogP contribution in [0.15, 0.2) is 18.2 Å². The molecule has 1 N–H and O–H groups in total. The lowest BCUT2D eigenvalue weighted by Crippen LogP contribution is -1.99. The number of fused-ring (bicyclic) bond motifs is 1. The first kappa shape index (κ1) is 8.85. The van der Waals surface area contributed by atoms with E-state index in [1.54, 1.807) is 0 Å². The van der Waals surface area contributed by atoms with Crippen molar-refractivity contribution in [3.8, 4) is 0 Å². The normalized spacial score (nSPS) is 24.7. The van der Waals surface area contributed by atoms with Crippen LogP contribution in [0, 0.1) is 12.8 Å². The van der Waals surface area contributed by atoms with E-state index in [9.17, 15) is 0 Å². The third-order valence-corrected chi connectivity index (χ3v) is 3.03. The Hall–Kier alpha value is -1.42. The van der Waals surface area contributed by atoms with Crippen LogP contribution < -0.4 is 0 Å². The molecule has 3 rings (SSSR count). The Morgan fingerprint density at radius 2 is 2.40 bits per heavy atom. The molecule has 0 radical (unpaired) electrons. The van der Waals surface area contributed by atoms with E-state index in [0.717, 1.165) is 17.9 Å². The van der Waals surface area contributed by atoms with Crippen molar-refractivity contribution in [2.75, 3.05) is 6.61 Å². The zero-order valence-electron chi connectivity index (χ0n) is 8.59. The SMILES string of the molecule is Cc1nc2cccc(C3CC3CO)n2n1. The zero-order valence-corrected chi connectivity index (χ0v) is 8.59. The second-order valence-electron chi connectivity index (χ2n) is 4.16. The molecule has 0 amide bonds. The number of hydrogen-bond acceptors (Lipinski definition) is 3. The first-order valence-electron chi connectivity index (χ1n) is 5.23. The third kappa shape index (κ3) is 1.33. The number of aliphatic hydroxyl groups excluding tert-OH is 1. The minimum atomic E-state index is 0.273. The first-order chi connectivity index (χ1) is 7.29. The summed E-state index contributed by atoms with van der Waals surface area (Å²) >= 11 is 0. The first-order valence-corrected chi connectivity index (χ1v) is 5.23. The van der Waals surface area contributed by atoms with Gasteiger partial charge in [0.25, 0.3) is 0 Å². The summed E-state index contributed by atoms with van der Waals surface area (Å²) in [5.41, 5.74) is 2.07. The van der Waals surface area contributed by atoms with Crippen molar-refractivity contribution >= 4 is 5.65 Å². The van der Waals surface area contributed by atoms with Crippen LogP contribution in [0.3, 0.4) is 0 Å². The van der Waals surface area contributed by atoms with Crippen molar-refractivity contribution < 1.29 is 5.11 Å². The van der Waals surface area contributed by atoms with Crippen LogP contribution in [0.1, 0.15) is 23.9 Å². The van der Waals surface area contributed by atoms with Crippen LogP contribution in [0.2, 0.25) is 0 Å².